The van der Waals surface area contributed by atoms with Crippen molar-refractivity contribution in [3.05, 3.63) is 53.1 Å². The monoisotopic (exact) mass is 430 g/mol. The Morgan fingerprint density at radius 2 is 1.65 bits per heavy atom. The van der Waals surface area contributed by atoms with E-state index in [1.165, 1.54) is 12.1 Å². The van der Waals surface area contributed by atoms with Crippen LogP contribution < -0.4 is 5.32 Å². The second-order valence-electron chi connectivity index (χ2n) is 7.96. The van der Waals surface area contributed by atoms with E-state index in [2.05, 4.69) is 19.7 Å². The lowest BCUT2D eigenvalue weighted by molar-refractivity contribution is -0.117. The molecule has 0 spiro atoms. The Morgan fingerprint density at radius 1 is 1.03 bits per heavy atom. The number of benzene rings is 1. The largest absolute Gasteiger partial charge is 0.383 e. The first-order valence-electron chi connectivity index (χ1n) is 10.6. The number of methoxy groups -OCH3 is 1. The highest BCUT2D eigenvalue weighted by atomic mass is 19.1. The van der Waals surface area contributed by atoms with Crippen molar-refractivity contribution >= 4 is 17.4 Å². The molecule has 1 aromatic heterocycles. The maximum absolute atomic E-state index is 13.0. The maximum Gasteiger partial charge on any atom is 0.238 e. The van der Waals surface area contributed by atoms with Gasteiger partial charge in [-0.3, -0.25) is 19.4 Å². The molecule has 0 saturated carbocycles. The normalized spacial score (nSPS) is 15.2. The van der Waals surface area contributed by atoms with Gasteiger partial charge in [0.05, 0.1) is 19.7 Å². The van der Waals surface area contributed by atoms with Crippen molar-refractivity contribution in [3.8, 4) is 0 Å². The number of rotatable bonds is 9. The highest BCUT2D eigenvalue weighted by molar-refractivity contribution is 5.99. The number of nitrogens with zero attached hydrogens (tertiary/aromatic N) is 3. The van der Waals surface area contributed by atoms with Gasteiger partial charge in [0, 0.05) is 62.5 Å². The van der Waals surface area contributed by atoms with Crippen LogP contribution in [0, 0.1) is 19.7 Å². The second kappa shape index (κ2) is 10.7. The van der Waals surface area contributed by atoms with E-state index >= 15 is 0 Å². The van der Waals surface area contributed by atoms with Crippen LogP contribution in [0.2, 0.25) is 0 Å². The van der Waals surface area contributed by atoms with Crippen molar-refractivity contribution in [2.24, 2.45) is 0 Å². The van der Waals surface area contributed by atoms with Gasteiger partial charge >= 0.3 is 0 Å². The summed E-state index contributed by atoms with van der Waals surface area (Å²) in [5, 5.41) is 2.78. The number of hydrogen-bond donors (Lipinski definition) is 1. The second-order valence-corrected chi connectivity index (χ2v) is 7.96. The van der Waals surface area contributed by atoms with Crippen LogP contribution >= 0.6 is 0 Å². The zero-order valence-electron chi connectivity index (χ0n) is 18.5. The third-order valence-electron chi connectivity index (χ3n) is 5.72. The molecule has 0 aliphatic carbocycles. The van der Waals surface area contributed by atoms with Gasteiger partial charge in [-0.2, -0.15) is 0 Å². The van der Waals surface area contributed by atoms with E-state index in [0.717, 1.165) is 49.7 Å². The number of carbonyl (C=O) groups excluding carboxylic acids is 2. The molecular formula is C23H31FN4O3. The molecule has 168 valence electrons. The predicted octanol–water partition coefficient (Wildman–Crippen LogP) is 2.33. The Labute approximate surface area is 182 Å². The Kier molecular flexibility index (Phi) is 7.95. The number of Topliss-reactive ketones (excluding diaryl/α,β-unsaturated/α-hetero) is 1. The lowest BCUT2D eigenvalue weighted by atomic mass is 10.1. The molecule has 8 heteroatoms. The van der Waals surface area contributed by atoms with Crippen LogP contribution in [0.3, 0.4) is 0 Å². The average molecular weight is 431 g/mol. The maximum atomic E-state index is 13.0. The van der Waals surface area contributed by atoms with Crippen molar-refractivity contribution in [1.82, 2.24) is 14.4 Å². The molecule has 1 fully saturated rings. The number of anilines is 1. The molecule has 0 atom stereocenters. The average Bonchev–Trinajstić information content (AvgIpc) is 3.03. The first kappa shape index (κ1) is 23.1. The summed E-state index contributed by atoms with van der Waals surface area (Å²) >= 11 is 0. The third kappa shape index (κ3) is 6.22. The summed E-state index contributed by atoms with van der Waals surface area (Å²) in [7, 11) is 1.67. The van der Waals surface area contributed by atoms with E-state index in [-0.39, 0.29) is 24.1 Å². The number of ether oxygens (including phenoxy) is 1. The molecule has 0 bridgehead atoms. The molecule has 1 N–H and O–H groups in total. The number of hydrogen-bond acceptors (Lipinski definition) is 5. The first-order valence-corrected chi connectivity index (χ1v) is 10.6. The number of carbonyl (C=O) groups is 2. The van der Waals surface area contributed by atoms with Crippen molar-refractivity contribution in [3.63, 3.8) is 0 Å². The van der Waals surface area contributed by atoms with Crippen LogP contribution in [0.25, 0.3) is 0 Å². The van der Waals surface area contributed by atoms with Gasteiger partial charge in [0.25, 0.3) is 0 Å². The minimum atomic E-state index is -0.333. The number of nitrogens with one attached hydrogen (secondary N) is 1. The fourth-order valence-corrected chi connectivity index (χ4v) is 3.94. The molecule has 7 nitrogen and oxygen atoms in total. The molecule has 1 aliphatic heterocycles. The van der Waals surface area contributed by atoms with Crippen molar-refractivity contribution in [2.45, 2.75) is 20.4 Å². The Bertz CT molecular complexity index is 902. The van der Waals surface area contributed by atoms with Gasteiger partial charge in [0.2, 0.25) is 5.91 Å². The Hall–Kier alpha value is -2.55. The van der Waals surface area contributed by atoms with Gasteiger partial charge in [-0.05, 0) is 44.2 Å². The van der Waals surface area contributed by atoms with Gasteiger partial charge < -0.3 is 14.6 Å². The van der Waals surface area contributed by atoms with Crippen LogP contribution in [0.4, 0.5) is 10.1 Å². The Balaban J connectivity index is 1.46. The van der Waals surface area contributed by atoms with Crippen LogP contribution in [0.1, 0.15) is 21.7 Å². The molecule has 2 heterocycles. The van der Waals surface area contributed by atoms with E-state index in [4.69, 9.17) is 4.74 Å². The van der Waals surface area contributed by atoms with Crippen molar-refractivity contribution < 1.29 is 18.7 Å². The molecule has 1 aliphatic rings. The number of aryl methyl sites for hydroxylation is 1. The quantitative estimate of drug-likeness (QED) is 0.619. The fourth-order valence-electron chi connectivity index (χ4n) is 3.94. The highest BCUT2D eigenvalue weighted by Crippen LogP contribution is 2.17. The van der Waals surface area contributed by atoms with Crippen LogP contribution in [-0.2, 0) is 16.1 Å². The van der Waals surface area contributed by atoms with Gasteiger partial charge in [-0.1, -0.05) is 0 Å². The van der Waals surface area contributed by atoms with Crippen LogP contribution in [0.15, 0.2) is 30.3 Å². The zero-order chi connectivity index (χ0) is 22.4. The molecule has 3 rings (SSSR count). The molecule has 1 amide bonds. The molecule has 1 saturated heterocycles. The number of piperazine rings is 1. The molecule has 31 heavy (non-hydrogen) atoms. The summed E-state index contributed by atoms with van der Waals surface area (Å²) in [6.45, 7) is 8.90. The molecular weight excluding hydrogens is 399 g/mol. The van der Waals surface area contributed by atoms with Crippen molar-refractivity contribution in [1.29, 1.82) is 0 Å². The third-order valence-corrected chi connectivity index (χ3v) is 5.72. The van der Waals surface area contributed by atoms with Gasteiger partial charge in [0.15, 0.2) is 5.78 Å². The molecule has 0 radical (unpaired) electrons. The summed E-state index contributed by atoms with van der Waals surface area (Å²) in [5.41, 5.74) is 3.40. The minimum Gasteiger partial charge on any atom is -0.383 e. The summed E-state index contributed by atoms with van der Waals surface area (Å²) in [5.74, 6) is -0.334. The molecule has 0 unspecified atom stereocenters. The number of amides is 1. The fraction of sp³-hybridized carbons (Fsp3) is 0.478. The summed E-state index contributed by atoms with van der Waals surface area (Å²) in [6.07, 6.45) is 0. The predicted molar refractivity (Wildman–Crippen MR) is 118 cm³/mol. The summed E-state index contributed by atoms with van der Waals surface area (Å²) in [6, 6.07) is 7.69. The molecule has 1 aromatic carbocycles. The smallest absolute Gasteiger partial charge is 0.238 e. The summed E-state index contributed by atoms with van der Waals surface area (Å²) < 4.78 is 20.2. The minimum absolute atomic E-state index is 0.124. The number of halogens is 1. The number of ketones is 1. The van der Waals surface area contributed by atoms with E-state index < -0.39 is 0 Å². The van der Waals surface area contributed by atoms with Crippen LogP contribution in [0.5, 0.6) is 0 Å². The number of aromatic nitrogens is 1. The van der Waals surface area contributed by atoms with Crippen LogP contribution in [-0.4, -0.2) is 79.0 Å². The lowest BCUT2D eigenvalue weighted by Crippen LogP contribution is -2.49. The first-order chi connectivity index (χ1) is 14.9. The molecule has 2 aromatic rings. The SMILES string of the molecule is COCCn1c(C)cc(C(=O)CN2CCN(CC(=O)Nc3ccc(F)cc3)CC2)c1C. The lowest BCUT2D eigenvalue weighted by Gasteiger charge is -2.33. The standard InChI is InChI=1S/C23H31FN4O3/c1-17-14-21(18(2)28(17)12-13-31-3)22(29)15-26-8-10-27(11-9-26)16-23(30)25-20-6-4-19(24)5-7-20/h4-7,14H,8-13,15-16H2,1-3H3,(H,25,30). The van der Waals surface area contributed by atoms with Gasteiger partial charge in [-0.15, -0.1) is 0 Å². The van der Waals surface area contributed by atoms with Gasteiger partial charge in [0.1, 0.15) is 5.82 Å². The van der Waals surface area contributed by atoms with E-state index in [9.17, 15) is 14.0 Å². The van der Waals surface area contributed by atoms with Gasteiger partial charge in [-0.25, -0.2) is 4.39 Å². The van der Waals surface area contributed by atoms with Crippen molar-refractivity contribution in [2.75, 3.05) is 58.3 Å². The zero-order valence-corrected chi connectivity index (χ0v) is 18.5. The highest BCUT2D eigenvalue weighted by Gasteiger charge is 2.23. The topological polar surface area (TPSA) is 66.8 Å². The van der Waals surface area contributed by atoms with E-state index in [0.29, 0.717) is 18.8 Å². The van der Waals surface area contributed by atoms with E-state index in [1.54, 1.807) is 19.2 Å². The summed E-state index contributed by atoms with van der Waals surface area (Å²) in [4.78, 5) is 29.3. The van der Waals surface area contributed by atoms with E-state index in [1.807, 2.05) is 19.9 Å². The Morgan fingerprint density at radius 3 is 2.26 bits per heavy atom.